The van der Waals surface area contributed by atoms with Gasteiger partial charge in [0.05, 0.1) is 5.02 Å². The van der Waals surface area contributed by atoms with Gasteiger partial charge in [0.1, 0.15) is 16.4 Å². The molecule has 10 heteroatoms. The molecular weight excluding hydrogens is 339 g/mol. The van der Waals surface area contributed by atoms with Crippen molar-refractivity contribution in [1.29, 1.82) is 0 Å². The molecule has 2 aromatic heterocycles. The molecule has 0 saturated heterocycles. The third kappa shape index (κ3) is 3.18. The Labute approximate surface area is 131 Å². The highest BCUT2D eigenvalue weighted by Gasteiger charge is 2.20. The van der Waals surface area contributed by atoms with E-state index in [1.807, 2.05) is 4.98 Å². The van der Waals surface area contributed by atoms with E-state index in [9.17, 15) is 19.2 Å². The molecular formula is C12H6Cl2N2O6. The lowest BCUT2D eigenvalue weighted by molar-refractivity contribution is 0.0680. The van der Waals surface area contributed by atoms with Gasteiger partial charge in [-0.2, -0.15) is 0 Å². The Kier molecular flexibility index (Phi) is 4.34. The molecule has 3 N–H and O–H groups in total. The van der Waals surface area contributed by atoms with Gasteiger partial charge >= 0.3 is 11.9 Å². The minimum atomic E-state index is -1.51. The van der Waals surface area contributed by atoms with Crippen LogP contribution in [0, 0.1) is 0 Å². The summed E-state index contributed by atoms with van der Waals surface area (Å²) in [6.07, 6.45) is 0. The van der Waals surface area contributed by atoms with E-state index in [0.717, 1.165) is 12.1 Å². The molecule has 0 radical (unpaired) electrons. The van der Waals surface area contributed by atoms with Gasteiger partial charge in [0.25, 0.3) is 5.56 Å². The predicted octanol–water partition coefficient (Wildman–Crippen LogP) is 1.29. The first-order valence-electron chi connectivity index (χ1n) is 5.56. The molecule has 0 bridgehead atoms. The van der Waals surface area contributed by atoms with Crippen LogP contribution in [0.1, 0.15) is 21.0 Å². The summed E-state index contributed by atoms with van der Waals surface area (Å²) < 4.78 is 4.83. The third-order valence-corrected chi connectivity index (χ3v) is 3.13. The van der Waals surface area contributed by atoms with E-state index in [2.05, 4.69) is 4.98 Å². The highest BCUT2D eigenvalue weighted by molar-refractivity contribution is 6.35. The van der Waals surface area contributed by atoms with E-state index < -0.39 is 39.5 Å². The summed E-state index contributed by atoms with van der Waals surface area (Å²) in [7, 11) is 0. The highest BCUT2D eigenvalue weighted by Crippen LogP contribution is 2.26. The number of esters is 1. The van der Waals surface area contributed by atoms with Crippen molar-refractivity contribution in [2.24, 2.45) is 0 Å². The SMILES string of the molecule is O=C(Oc1cc(=O)[nH]c(C(=O)O)c1Cl)c1[nH]c(=O)ccc1Cl. The second-order valence-corrected chi connectivity index (χ2v) is 4.71. The minimum Gasteiger partial charge on any atom is -0.477 e. The molecule has 0 unspecified atom stereocenters. The number of pyridine rings is 2. The van der Waals surface area contributed by atoms with Crippen molar-refractivity contribution in [2.45, 2.75) is 0 Å². The van der Waals surface area contributed by atoms with Crippen molar-refractivity contribution in [3.8, 4) is 5.75 Å². The molecule has 0 spiro atoms. The normalized spacial score (nSPS) is 10.3. The number of rotatable bonds is 3. The quantitative estimate of drug-likeness (QED) is 0.719. The number of hydrogen-bond acceptors (Lipinski definition) is 5. The summed E-state index contributed by atoms with van der Waals surface area (Å²) in [5.41, 5.74) is -2.43. The number of aromatic amines is 2. The lowest BCUT2D eigenvalue weighted by atomic mass is 10.3. The molecule has 0 amide bonds. The van der Waals surface area contributed by atoms with Gasteiger partial charge in [0.2, 0.25) is 5.56 Å². The second-order valence-electron chi connectivity index (χ2n) is 3.93. The molecule has 0 aliphatic carbocycles. The van der Waals surface area contributed by atoms with Crippen LogP contribution >= 0.6 is 23.2 Å². The molecule has 0 fully saturated rings. The number of carbonyl (C=O) groups excluding carboxylic acids is 1. The first kappa shape index (κ1) is 15.8. The van der Waals surface area contributed by atoms with E-state index in [0.29, 0.717) is 0 Å². The topological polar surface area (TPSA) is 129 Å². The summed E-state index contributed by atoms with van der Waals surface area (Å²) in [5, 5.41) is 8.31. The zero-order chi connectivity index (χ0) is 16.4. The summed E-state index contributed by atoms with van der Waals surface area (Å²) in [4.78, 5) is 49.5. The summed E-state index contributed by atoms with van der Waals surface area (Å²) in [5.74, 6) is -3.09. The maximum absolute atomic E-state index is 11.9. The van der Waals surface area contributed by atoms with Crippen LogP contribution in [0.3, 0.4) is 0 Å². The molecule has 8 nitrogen and oxygen atoms in total. The van der Waals surface area contributed by atoms with E-state index in [4.69, 9.17) is 33.0 Å². The summed E-state index contributed by atoms with van der Waals surface area (Å²) in [6.45, 7) is 0. The Morgan fingerprint density at radius 2 is 1.68 bits per heavy atom. The van der Waals surface area contributed by atoms with Crippen LogP contribution in [0.4, 0.5) is 0 Å². The number of carbonyl (C=O) groups is 2. The van der Waals surface area contributed by atoms with Crippen LogP contribution in [-0.2, 0) is 0 Å². The van der Waals surface area contributed by atoms with Crippen molar-refractivity contribution in [3.63, 3.8) is 0 Å². The first-order valence-corrected chi connectivity index (χ1v) is 6.32. The first-order chi connectivity index (χ1) is 10.3. The van der Waals surface area contributed by atoms with E-state index in [1.54, 1.807) is 0 Å². The number of nitrogens with one attached hydrogen (secondary N) is 2. The number of ether oxygens (including phenoxy) is 1. The van der Waals surface area contributed by atoms with Gasteiger partial charge in [-0.15, -0.1) is 0 Å². The van der Waals surface area contributed by atoms with E-state index in [-0.39, 0.29) is 10.7 Å². The van der Waals surface area contributed by atoms with Crippen molar-refractivity contribution in [3.05, 3.63) is 60.3 Å². The van der Waals surface area contributed by atoms with Gasteiger partial charge in [-0.1, -0.05) is 23.2 Å². The fourth-order valence-corrected chi connectivity index (χ4v) is 1.91. The van der Waals surface area contributed by atoms with Gasteiger partial charge in [-0.25, -0.2) is 9.59 Å². The smallest absolute Gasteiger partial charge is 0.361 e. The van der Waals surface area contributed by atoms with Gasteiger partial charge in [-0.05, 0) is 6.07 Å². The lowest BCUT2D eigenvalue weighted by Gasteiger charge is -2.08. The molecule has 2 rings (SSSR count). The van der Waals surface area contributed by atoms with Crippen LogP contribution < -0.4 is 15.9 Å². The van der Waals surface area contributed by atoms with Crippen molar-refractivity contribution < 1.29 is 19.4 Å². The largest absolute Gasteiger partial charge is 0.477 e. The molecule has 114 valence electrons. The van der Waals surface area contributed by atoms with Crippen LogP contribution in [0.15, 0.2) is 27.8 Å². The Balaban J connectivity index is 2.45. The zero-order valence-electron chi connectivity index (χ0n) is 10.5. The number of H-pyrrole nitrogens is 2. The van der Waals surface area contributed by atoms with Crippen molar-refractivity contribution in [1.82, 2.24) is 9.97 Å². The summed E-state index contributed by atoms with van der Waals surface area (Å²) >= 11 is 11.5. The molecule has 0 atom stereocenters. The Morgan fingerprint density at radius 3 is 2.32 bits per heavy atom. The maximum Gasteiger partial charge on any atom is 0.361 e. The molecule has 2 aromatic rings. The average Bonchev–Trinajstić information content (AvgIpc) is 2.44. The molecule has 0 aliphatic heterocycles. The fraction of sp³-hybridized carbons (Fsp3) is 0. The van der Waals surface area contributed by atoms with Crippen LogP contribution in [-0.4, -0.2) is 27.0 Å². The van der Waals surface area contributed by atoms with Gasteiger partial charge < -0.3 is 19.8 Å². The fourth-order valence-electron chi connectivity index (χ4n) is 1.50. The Morgan fingerprint density at radius 1 is 1.05 bits per heavy atom. The molecule has 0 aromatic carbocycles. The van der Waals surface area contributed by atoms with Crippen LogP contribution in [0.25, 0.3) is 0 Å². The zero-order valence-corrected chi connectivity index (χ0v) is 12.0. The van der Waals surface area contributed by atoms with Crippen molar-refractivity contribution >= 4 is 35.1 Å². The molecule has 22 heavy (non-hydrogen) atoms. The van der Waals surface area contributed by atoms with E-state index in [1.165, 1.54) is 6.07 Å². The Bertz CT molecular complexity index is 886. The summed E-state index contributed by atoms with van der Waals surface area (Å²) in [6, 6.07) is 3.07. The van der Waals surface area contributed by atoms with Gasteiger partial charge in [0, 0.05) is 12.1 Å². The predicted molar refractivity (Wildman–Crippen MR) is 76.1 cm³/mol. The maximum atomic E-state index is 11.9. The lowest BCUT2D eigenvalue weighted by Crippen LogP contribution is -2.19. The Hall–Kier alpha value is -2.58. The number of aromatic carboxylic acids is 1. The van der Waals surface area contributed by atoms with E-state index >= 15 is 0 Å². The number of carboxylic acids is 1. The molecule has 0 saturated carbocycles. The molecule has 0 aliphatic rings. The monoisotopic (exact) mass is 344 g/mol. The van der Waals surface area contributed by atoms with Crippen molar-refractivity contribution in [2.75, 3.05) is 0 Å². The average molecular weight is 345 g/mol. The highest BCUT2D eigenvalue weighted by atomic mass is 35.5. The van der Waals surface area contributed by atoms with Gasteiger partial charge in [-0.3, -0.25) is 9.59 Å². The van der Waals surface area contributed by atoms with Gasteiger partial charge in [0.15, 0.2) is 5.75 Å². The number of aromatic nitrogens is 2. The number of halogens is 2. The van der Waals surface area contributed by atoms with Crippen LogP contribution in [0.2, 0.25) is 10.0 Å². The number of carboxylic acid groups (broad SMARTS) is 1. The minimum absolute atomic E-state index is 0.0935. The second kappa shape index (κ2) is 6.04. The number of hydrogen-bond donors (Lipinski definition) is 3. The standard InChI is InChI=1S/C12H6Cl2N2O6/c13-4-1-2-6(17)15-9(4)12(21)22-5-3-7(18)16-10(8(5)14)11(19)20/h1-3H,(H,15,17)(H,16,18)(H,19,20). The van der Waals surface area contributed by atoms with Crippen LogP contribution in [0.5, 0.6) is 5.75 Å². The molecule has 2 heterocycles. The third-order valence-electron chi connectivity index (χ3n) is 2.43.